The zero-order valence-corrected chi connectivity index (χ0v) is 19.3. The standard InChI is InChI=1S/C26H22ClF3N2O2/c1-25(2)23(33)32(22-13-12-20(27)15-21(22)26(28,29)30)24(34)31(25)16-19-11-7-6-10-18(19)14-17-8-4-3-5-9-17/h3-13,15H,14,16H2,1-2H3. The van der Waals surface area contributed by atoms with Crippen molar-refractivity contribution in [1.29, 1.82) is 0 Å². The Hall–Kier alpha value is -3.32. The van der Waals surface area contributed by atoms with Crippen LogP contribution >= 0.6 is 11.6 Å². The molecule has 0 spiro atoms. The third-order valence-electron chi connectivity index (χ3n) is 6.01. The Balaban J connectivity index is 1.70. The predicted molar refractivity (Wildman–Crippen MR) is 125 cm³/mol. The van der Waals surface area contributed by atoms with Crippen molar-refractivity contribution in [1.82, 2.24) is 4.90 Å². The fraction of sp³-hybridized carbons (Fsp3) is 0.231. The topological polar surface area (TPSA) is 40.6 Å². The largest absolute Gasteiger partial charge is 0.418 e. The molecule has 0 unspecified atom stereocenters. The third kappa shape index (κ3) is 4.40. The highest BCUT2D eigenvalue weighted by Gasteiger charge is 2.53. The molecule has 3 aromatic rings. The zero-order valence-electron chi connectivity index (χ0n) is 18.6. The van der Waals surface area contributed by atoms with Crippen molar-refractivity contribution in [3.8, 4) is 0 Å². The van der Waals surface area contributed by atoms with Crippen molar-refractivity contribution < 1.29 is 22.8 Å². The van der Waals surface area contributed by atoms with E-state index in [1.54, 1.807) is 0 Å². The van der Waals surface area contributed by atoms with Gasteiger partial charge in [0.05, 0.1) is 11.3 Å². The van der Waals surface area contributed by atoms with Gasteiger partial charge in [-0.1, -0.05) is 66.2 Å². The Morgan fingerprint density at radius 3 is 2.15 bits per heavy atom. The quantitative estimate of drug-likeness (QED) is 0.377. The molecule has 4 nitrogen and oxygen atoms in total. The number of anilines is 1. The molecule has 1 heterocycles. The first kappa shape index (κ1) is 23.8. The van der Waals surface area contributed by atoms with Crippen LogP contribution in [-0.4, -0.2) is 22.4 Å². The summed E-state index contributed by atoms with van der Waals surface area (Å²) in [6.07, 6.45) is -4.17. The average molecular weight is 487 g/mol. The van der Waals surface area contributed by atoms with Gasteiger partial charge in [0.2, 0.25) is 0 Å². The molecule has 3 aromatic carbocycles. The van der Waals surface area contributed by atoms with Crippen molar-refractivity contribution in [2.24, 2.45) is 0 Å². The first-order valence-electron chi connectivity index (χ1n) is 10.6. The number of hydrogen-bond acceptors (Lipinski definition) is 2. The first-order chi connectivity index (χ1) is 16.0. The Kier molecular flexibility index (Phi) is 6.16. The highest BCUT2D eigenvalue weighted by atomic mass is 35.5. The fourth-order valence-corrected chi connectivity index (χ4v) is 4.29. The van der Waals surface area contributed by atoms with Crippen LogP contribution in [0.3, 0.4) is 0 Å². The van der Waals surface area contributed by atoms with Gasteiger partial charge >= 0.3 is 12.2 Å². The number of carbonyl (C=O) groups is 2. The Labute approximate surface area is 200 Å². The summed E-state index contributed by atoms with van der Waals surface area (Å²) in [5, 5.41) is -0.138. The Bertz CT molecular complexity index is 1240. The average Bonchev–Trinajstić information content (AvgIpc) is 2.94. The Morgan fingerprint density at radius 1 is 0.882 bits per heavy atom. The summed E-state index contributed by atoms with van der Waals surface area (Å²) in [6.45, 7) is 3.15. The van der Waals surface area contributed by atoms with E-state index in [4.69, 9.17) is 11.6 Å². The van der Waals surface area contributed by atoms with Crippen LogP contribution in [0, 0.1) is 0 Å². The molecule has 34 heavy (non-hydrogen) atoms. The van der Waals surface area contributed by atoms with E-state index in [0.717, 1.165) is 28.8 Å². The van der Waals surface area contributed by atoms with Crippen molar-refractivity contribution >= 4 is 29.2 Å². The second kappa shape index (κ2) is 8.80. The fourth-order valence-electron chi connectivity index (χ4n) is 4.11. The van der Waals surface area contributed by atoms with E-state index < -0.39 is 34.9 Å². The van der Waals surface area contributed by atoms with Crippen LogP contribution in [0.1, 0.15) is 36.1 Å². The SMILES string of the molecule is CC1(C)C(=O)N(c2ccc(Cl)cc2C(F)(F)F)C(=O)N1Cc1ccccc1Cc1ccccc1. The molecule has 0 aliphatic carbocycles. The van der Waals surface area contributed by atoms with E-state index in [0.29, 0.717) is 11.3 Å². The van der Waals surface area contributed by atoms with Crippen LogP contribution in [-0.2, 0) is 23.9 Å². The van der Waals surface area contributed by atoms with Gasteiger partial charge in [-0.15, -0.1) is 0 Å². The molecule has 1 aliphatic rings. The number of hydrogen-bond donors (Lipinski definition) is 0. The second-order valence-electron chi connectivity index (χ2n) is 8.66. The molecular weight excluding hydrogens is 465 g/mol. The number of urea groups is 1. The number of carbonyl (C=O) groups excluding carboxylic acids is 2. The highest BCUT2D eigenvalue weighted by molar-refractivity contribution is 6.31. The van der Waals surface area contributed by atoms with Crippen molar-refractivity contribution in [3.63, 3.8) is 0 Å². The molecule has 0 aromatic heterocycles. The maximum Gasteiger partial charge on any atom is 0.418 e. The number of rotatable bonds is 5. The van der Waals surface area contributed by atoms with Gasteiger partial charge < -0.3 is 4.90 Å². The van der Waals surface area contributed by atoms with E-state index in [1.807, 2.05) is 54.6 Å². The molecular formula is C26H22ClF3N2O2. The summed E-state index contributed by atoms with van der Waals surface area (Å²) in [5.41, 5.74) is -0.154. The third-order valence-corrected chi connectivity index (χ3v) is 6.25. The van der Waals surface area contributed by atoms with Crippen LogP contribution in [0.2, 0.25) is 5.02 Å². The highest BCUT2D eigenvalue weighted by Crippen LogP contribution is 2.42. The summed E-state index contributed by atoms with van der Waals surface area (Å²) < 4.78 is 41.1. The van der Waals surface area contributed by atoms with E-state index in [1.165, 1.54) is 24.8 Å². The van der Waals surface area contributed by atoms with Gasteiger partial charge in [0.25, 0.3) is 5.91 Å². The number of imide groups is 1. The lowest BCUT2D eigenvalue weighted by Gasteiger charge is -2.28. The summed E-state index contributed by atoms with van der Waals surface area (Å²) in [7, 11) is 0. The van der Waals surface area contributed by atoms with Crippen molar-refractivity contribution in [3.05, 3.63) is 100 Å². The number of nitrogens with zero attached hydrogens (tertiary/aromatic N) is 2. The van der Waals surface area contributed by atoms with Crippen LogP contribution < -0.4 is 4.90 Å². The van der Waals surface area contributed by atoms with Gasteiger partial charge in [0.1, 0.15) is 5.54 Å². The van der Waals surface area contributed by atoms with Crippen molar-refractivity contribution in [2.45, 2.75) is 38.5 Å². The van der Waals surface area contributed by atoms with E-state index in [-0.39, 0.29) is 11.6 Å². The van der Waals surface area contributed by atoms with Crippen LogP contribution in [0.4, 0.5) is 23.7 Å². The summed E-state index contributed by atoms with van der Waals surface area (Å²) >= 11 is 5.78. The number of halogens is 4. The predicted octanol–water partition coefficient (Wildman–Crippen LogP) is 6.70. The summed E-state index contributed by atoms with van der Waals surface area (Å²) in [4.78, 5) is 28.6. The molecule has 0 saturated carbocycles. The maximum absolute atomic E-state index is 13.7. The van der Waals surface area contributed by atoms with Gasteiger partial charge in [-0.3, -0.25) is 4.79 Å². The van der Waals surface area contributed by atoms with Gasteiger partial charge in [-0.2, -0.15) is 13.2 Å². The number of alkyl halides is 3. The monoisotopic (exact) mass is 486 g/mol. The van der Waals surface area contributed by atoms with E-state index in [9.17, 15) is 22.8 Å². The minimum Gasteiger partial charge on any atom is -0.305 e. The van der Waals surface area contributed by atoms with Gasteiger partial charge in [0.15, 0.2) is 0 Å². The molecule has 0 bridgehead atoms. The summed E-state index contributed by atoms with van der Waals surface area (Å²) in [5.74, 6) is -0.731. The van der Waals surface area contributed by atoms with E-state index >= 15 is 0 Å². The van der Waals surface area contributed by atoms with Gasteiger partial charge in [-0.25, -0.2) is 9.69 Å². The van der Waals surface area contributed by atoms with Gasteiger partial charge in [0, 0.05) is 11.6 Å². The number of amides is 3. The normalized spacial score (nSPS) is 15.8. The molecule has 1 aliphatic heterocycles. The molecule has 8 heteroatoms. The molecule has 176 valence electrons. The lowest BCUT2D eigenvalue weighted by atomic mass is 9.97. The maximum atomic E-state index is 13.7. The van der Waals surface area contributed by atoms with Crippen molar-refractivity contribution in [2.75, 3.05) is 4.90 Å². The first-order valence-corrected chi connectivity index (χ1v) is 11.0. The van der Waals surface area contributed by atoms with Crippen LogP contribution in [0.25, 0.3) is 0 Å². The number of benzene rings is 3. The molecule has 1 fully saturated rings. The molecule has 4 rings (SSSR count). The Morgan fingerprint density at radius 2 is 1.50 bits per heavy atom. The zero-order chi connectivity index (χ0) is 24.7. The molecule has 3 amide bonds. The van der Waals surface area contributed by atoms with Crippen LogP contribution in [0.15, 0.2) is 72.8 Å². The van der Waals surface area contributed by atoms with E-state index in [2.05, 4.69) is 0 Å². The van der Waals surface area contributed by atoms with Gasteiger partial charge in [-0.05, 0) is 55.2 Å². The lowest BCUT2D eigenvalue weighted by molar-refractivity contribution is -0.137. The molecule has 1 saturated heterocycles. The minimum absolute atomic E-state index is 0.0754. The smallest absolute Gasteiger partial charge is 0.305 e. The molecule has 0 N–H and O–H groups in total. The second-order valence-corrected chi connectivity index (χ2v) is 9.10. The molecule has 0 radical (unpaired) electrons. The lowest BCUT2D eigenvalue weighted by Crippen LogP contribution is -2.43. The molecule has 0 atom stereocenters. The summed E-state index contributed by atoms with van der Waals surface area (Å²) in [6, 6.07) is 19.5. The van der Waals surface area contributed by atoms with Crippen LogP contribution in [0.5, 0.6) is 0 Å². The minimum atomic E-state index is -4.79.